The number of fused-ring (bicyclic) bond motifs is 1. The Labute approximate surface area is 261 Å². The highest BCUT2D eigenvalue weighted by Crippen LogP contribution is 2.51. The molecule has 7 N–H and O–H groups in total. The van der Waals surface area contributed by atoms with Gasteiger partial charge in [0.25, 0.3) is 5.56 Å². The van der Waals surface area contributed by atoms with E-state index >= 15 is 4.39 Å². The number of alkyl halides is 1. The van der Waals surface area contributed by atoms with Crippen molar-refractivity contribution < 1.29 is 61.1 Å². The van der Waals surface area contributed by atoms with Gasteiger partial charge in [-0.2, -0.15) is 0 Å². The molecule has 25 heteroatoms. The van der Waals surface area contributed by atoms with Gasteiger partial charge in [-0.3, -0.25) is 37.0 Å². The Kier molecular flexibility index (Phi) is 10.3. The predicted octanol–water partition coefficient (Wildman–Crippen LogP) is -1.63. The average molecular weight is 708 g/mol. The monoisotopic (exact) mass is 708 g/mol. The molecular weight excluding hydrogens is 681 g/mol. The zero-order valence-corrected chi connectivity index (χ0v) is 25.4. The maximum absolute atomic E-state index is 16.0. The van der Waals surface area contributed by atoms with Gasteiger partial charge in [0.05, 0.1) is 19.5 Å². The Hall–Kier alpha value is -3.49. The van der Waals surface area contributed by atoms with E-state index in [0.29, 0.717) is 0 Å². The number of aromatic nitrogens is 6. The average Bonchev–Trinajstić information content (AvgIpc) is 3.66. The zero-order chi connectivity index (χ0) is 34.1. The third-order valence-electron chi connectivity index (χ3n) is 6.91. The van der Waals surface area contributed by atoms with Crippen LogP contribution in [0.25, 0.3) is 16.0 Å². The number of anilines is 1. The molecule has 256 valence electrons. The first-order chi connectivity index (χ1) is 22.2. The van der Waals surface area contributed by atoms with Crippen molar-refractivity contribution in [2.45, 2.75) is 49.1 Å². The van der Waals surface area contributed by atoms with E-state index in [1.807, 2.05) is 4.98 Å². The number of aromatic amines is 1. The molecule has 2 saturated heterocycles. The fourth-order valence-corrected chi connectivity index (χ4v) is 6.40. The summed E-state index contributed by atoms with van der Waals surface area (Å²) < 4.78 is 73.7. The van der Waals surface area contributed by atoms with Crippen molar-refractivity contribution in [1.82, 2.24) is 29.1 Å². The number of hydrogen-bond acceptors (Lipinski definition) is 16. The highest BCUT2D eigenvalue weighted by atomic mass is 31.2. The van der Waals surface area contributed by atoms with Gasteiger partial charge < -0.3 is 40.1 Å². The van der Waals surface area contributed by atoms with Crippen molar-refractivity contribution in [1.29, 1.82) is 0 Å². The van der Waals surface area contributed by atoms with Crippen molar-refractivity contribution in [3.8, 4) is 0 Å². The van der Waals surface area contributed by atoms with Crippen molar-refractivity contribution in [3.63, 3.8) is 0 Å². The number of aliphatic hydroxyl groups excluding tert-OH is 2. The molecule has 10 atom stereocenters. The lowest BCUT2D eigenvalue weighted by molar-refractivity contribution is -0.0609. The Morgan fingerprint density at radius 3 is 2.45 bits per heavy atom. The molecule has 3 aromatic heterocycles. The second-order valence-electron chi connectivity index (χ2n) is 9.97. The molecule has 0 aromatic carbocycles. The summed E-state index contributed by atoms with van der Waals surface area (Å²) in [6.07, 6.45) is -11.1. The van der Waals surface area contributed by atoms with Crippen LogP contribution in [-0.4, -0.2) is 112 Å². The first-order valence-electron chi connectivity index (χ1n) is 13.4. The van der Waals surface area contributed by atoms with Crippen LogP contribution in [0, 0.1) is 6.57 Å². The van der Waals surface area contributed by atoms with Crippen LogP contribution in [0.4, 0.5) is 10.2 Å². The number of imidazole rings is 1. The summed E-state index contributed by atoms with van der Waals surface area (Å²) in [5, 5.41) is 20.8. The Balaban J connectivity index is 1.31. The fraction of sp³-hybridized carbons (Fsp3) is 0.545. The van der Waals surface area contributed by atoms with E-state index in [1.54, 1.807) is 0 Å². The van der Waals surface area contributed by atoms with E-state index in [0.717, 1.165) is 34.1 Å². The molecule has 0 spiro atoms. The lowest BCUT2D eigenvalue weighted by Crippen LogP contribution is -2.37. The predicted molar refractivity (Wildman–Crippen MR) is 150 cm³/mol. The van der Waals surface area contributed by atoms with Crippen LogP contribution in [0.3, 0.4) is 0 Å². The molecule has 4 unspecified atom stereocenters. The number of hydrogen-bond donors (Lipinski definition) is 6. The molecule has 0 aliphatic carbocycles. The number of phosphoric ester groups is 2. The Morgan fingerprint density at radius 2 is 1.72 bits per heavy atom. The van der Waals surface area contributed by atoms with Gasteiger partial charge in [0.15, 0.2) is 30.1 Å². The minimum absolute atomic E-state index is 0.00582. The number of H-pyrrole nitrogens is 1. The Morgan fingerprint density at radius 1 is 1.02 bits per heavy atom. The topological polar surface area (TPSA) is 299 Å². The van der Waals surface area contributed by atoms with Crippen LogP contribution < -0.4 is 17.0 Å². The summed E-state index contributed by atoms with van der Waals surface area (Å²) in [6.45, 7) is 4.13. The molecule has 2 aliphatic heterocycles. The molecule has 2 fully saturated rings. The summed E-state index contributed by atoms with van der Waals surface area (Å²) >= 11 is 0. The van der Waals surface area contributed by atoms with Crippen molar-refractivity contribution in [2.75, 3.05) is 32.1 Å². The van der Waals surface area contributed by atoms with Crippen LogP contribution in [0.1, 0.15) is 12.5 Å². The highest BCUT2D eigenvalue weighted by molar-refractivity contribution is 7.47. The fourth-order valence-electron chi connectivity index (χ4n) is 4.72. The third kappa shape index (κ3) is 7.65. The van der Waals surface area contributed by atoms with Crippen LogP contribution in [-0.2, 0) is 36.7 Å². The number of nitrogens with two attached hydrogens (primary N) is 1. The number of phosphoric acid groups is 2. The summed E-state index contributed by atoms with van der Waals surface area (Å²) in [6, 6.07) is 0.956. The van der Waals surface area contributed by atoms with E-state index in [4.69, 9.17) is 35.4 Å². The number of nitrogens with one attached hydrogen (secondary N) is 1. The first-order valence-corrected chi connectivity index (χ1v) is 16.4. The number of rotatable bonds is 13. The van der Waals surface area contributed by atoms with E-state index in [-0.39, 0.29) is 23.5 Å². The van der Waals surface area contributed by atoms with Gasteiger partial charge in [0.2, 0.25) is 6.54 Å². The smallest absolute Gasteiger partial charge is 0.387 e. The number of ether oxygens (including phenoxy) is 2. The minimum atomic E-state index is -5.30. The summed E-state index contributed by atoms with van der Waals surface area (Å²) in [5.74, 6) is -0.0463. The van der Waals surface area contributed by atoms with Crippen LogP contribution in [0.2, 0.25) is 0 Å². The lowest BCUT2D eigenvalue weighted by atomic mass is 10.1. The van der Waals surface area contributed by atoms with Crippen molar-refractivity contribution in [2.24, 2.45) is 0 Å². The summed E-state index contributed by atoms with van der Waals surface area (Å²) in [7, 11) is -10.1. The van der Waals surface area contributed by atoms with Crippen LogP contribution in [0.5, 0.6) is 0 Å². The second kappa shape index (κ2) is 13.9. The number of aliphatic hydroxyl groups is 2. The van der Waals surface area contributed by atoms with Gasteiger partial charge in [-0.15, -0.1) is 0 Å². The van der Waals surface area contributed by atoms with E-state index in [9.17, 15) is 38.7 Å². The number of nitrogen functional groups attached to an aromatic ring is 1. The zero-order valence-electron chi connectivity index (χ0n) is 23.7. The van der Waals surface area contributed by atoms with Crippen LogP contribution >= 0.6 is 15.6 Å². The van der Waals surface area contributed by atoms with Gasteiger partial charge in [0, 0.05) is 12.3 Å². The van der Waals surface area contributed by atoms with Gasteiger partial charge in [-0.25, -0.2) is 39.8 Å². The molecule has 47 heavy (non-hydrogen) atoms. The lowest BCUT2D eigenvalue weighted by Gasteiger charge is -2.23. The maximum Gasteiger partial charge on any atom is 0.472 e. The molecule has 0 saturated carbocycles. The molecule has 5 heterocycles. The number of nitrogens with zero attached hydrogens (tertiary/aromatic N) is 6. The maximum atomic E-state index is 16.0. The van der Waals surface area contributed by atoms with Gasteiger partial charge in [-0.05, 0) is 0 Å². The molecule has 0 amide bonds. The van der Waals surface area contributed by atoms with Crippen molar-refractivity contribution in [3.05, 3.63) is 57.2 Å². The minimum Gasteiger partial charge on any atom is -0.387 e. The summed E-state index contributed by atoms with van der Waals surface area (Å²) in [4.78, 5) is 60.6. The summed E-state index contributed by atoms with van der Waals surface area (Å²) in [5.41, 5.74) is 4.15. The van der Waals surface area contributed by atoms with Gasteiger partial charge in [0.1, 0.15) is 49.0 Å². The van der Waals surface area contributed by atoms with E-state index in [1.165, 1.54) is 0 Å². The van der Waals surface area contributed by atoms with Crippen molar-refractivity contribution >= 4 is 32.6 Å². The molecule has 22 nitrogen and oxygen atoms in total. The largest absolute Gasteiger partial charge is 0.472 e. The number of halogens is 1. The van der Waals surface area contributed by atoms with Gasteiger partial charge >= 0.3 is 21.3 Å². The third-order valence-corrected chi connectivity index (χ3v) is 8.88. The van der Waals surface area contributed by atoms with E-state index in [2.05, 4.69) is 24.3 Å². The molecule has 2 aliphatic rings. The Bertz CT molecular complexity index is 1850. The highest BCUT2D eigenvalue weighted by Gasteiger charge is 2.52. The normalized spacial score (nSPS) is 30.2. The second-order valence-corrected chi connectivity index (χ2v) is 12.8. The molecular formula is C22H27FN8O14P2. The van der Waals surface area contributed by atoms with E-state index < -0.39 is 95.9 Å². The molecule has 0 radical (unpaired) electrons. The quantitative estimate of drug-likeness (QED) is 0.0659. The molecule has 0 bridgehead atoms. The molecule has 3 aromatic rings. The first kappa shape index (κ1) is 34.8. The van der Waals surface area contributed by atoms with Gasteiger partial charge in [-0.1, -0.05) is 0 Å². The SMILES string of the molecule is [C-]#[N+]CCOP(=O)(O)OC[C@H]1O[C@@H](n2cnc3c(N)ncnc32)[C@@H](F)C1OP(=O)(O)OC[C@H]1O[C@@H](n2ccc(=O)[nH]c2=O)[C@@H](O)C1O. The molecule has 5 rings (SSSR count). The van der Waals surface area contributed by atoms with Crippen LogP contribution in [0.15, 0.2) is 34.5 Å². The standard InChI is InChI=1S/C22H27FN8O14P2/c1-25-3-5-40-46(36,37)41-7-11-17(13(23)20(44-11)31-9-28-14-18(24)26-8-27-19(14)31)45-47(38,39)42-6-10-15(33)16(34)21(43-10)30-4-2-12(32)29-22(30)35/h2,4,8-11,13,15-17,20-21,33-34H,3,5-7H2,(H,36,37)(H,38,39)(H2,24,26,27)(H,29,32,35)/t10-,11-,13+,15?,16+,17?,20-,21-/m1/s1.